The van der Waals surface area contributed by atoms with Crippen LogP contribution in [0.25, 0.3) is 0 Å². The van der Waals surface area contributed by atoms with Crippen LogP contribution in [0.3, 0.4) is 0 Å². The molecule has 0 saturated heterocycles. The Bertz CT molecular complexity index is 362. The van der Waals surface area contributed by atoms with Gasteiger partial charge in [-0.2, -0.15) is 0 Å². The molecule has 0 radical (unpaired) electrons. The van der Waals surface area contributed by atoms with Crippen LogP contribution in [0.1, 0.15) is 157 Å². The molecule has 0 bridgehead atoms. The van der Waals surface area contributed by atoms with Gasteiger partial charge in [0.05, 0.1) is 0 Å². The van der Waals surface area contributed by atoms with Crippen LogP contribution < -0.4 is 0 Å². The predicted octanol–water partition coefficient (Wildman–Crippen LogP) is 9.40. The number of hydrogen-bond acceptors (Lipinski definition) is 2. The molecule has 0 aliphatic carbocycles. The summed E-state index contributed by atoms with van der Waals surface area (Å²) in [6.45, 7) is 10.8. The second kappa shape index (κ2) is 19.4. The van der Waals surface area contributed by atoms with Gasteiger partial charge in [0, 0.05) is 6.42 Å². The molecule has 0 aromatic rings. The lowest BCUT2D eigenvalue weighted by Crippen LogP contribution is -2.35. The quantitative estimate of drug-likeness (QED) is 0.139. The summed E-state index contributed by atoms with van der Waals surface area (Å²) >= 11 is 0. The first-order valence-electron chi connectivity index (χ1n) is 13.2. The predicted molar refractivity (Wildman–Crippen MR) is 128 cm³/mol. The Morgan fingerprint density at radius 3 is 1.45 bits per heavy atom. The smallest absolute Gasteiger partial charge is 0.306 e. The van der Waals surface area contributed by atoms with Crippen molar-refractivity contribution in [3.63, 3.8) is 0 Å². The molecule has 1 unspecified atom stereocenters. The van der Waals surface area contributed by atoms with E-state index in [9.17, 15) is 4.79 Å². The Labute approximate surface area is 184 Å². The minimum atomic E-state index is -0.332. The summed E-state index contributed by atoms with van der Waals surface area (Å²) in [4.78, 5) is 12.1. The summed E-state index contributed by atoms with van der Waals surface area (Å²) in [5.41, 5.74) is -0.332. The van der Waals surface area contributed by atoms with E-state index in [1.807, 2.05) is 0 Å². The first kappa shape index (κ1) is 28.5. The van der Waals surface area contributed by atoms with Crippen LogP contribution >= 0.6 is 0 Å². The van der Waals surface area contributed by atoms with Gasteiger partial charge in [-0.05, 0) is 32.6 Å². The fourth-order valence-corrected chi connectivity index (χ4v) is 3.94. The van der Waals surface area contributed by atoms with Gasteiger partial charge in [-0.15, -0.1) is 0 Å². The monoisotopic (exact) mass is 410 g/mol. The van der Waals surface area contributed by atoms with Crippen molar-refractivity contribution in [1.29, 1.82) is 0 Å². The van der Waals surface area contributed by atoms with Crippen LogP contribution in [0, 0.1) is 5.92 Å². The molecule has 0 heterocycles. The van der Waals surface area contributed by atoms with Gasteiger partial charge < -0.3 is 4.74 Å². The molecule has 174 valence electrons. The van der Waals surface area contributed by atoms with Crippen LogP contribution in [0.2, 0.25) is 0 Å². The molecule has 1 atom stereocenters. The summed E-state index contributed by atoms with van der Waals surface area (Å²) in [6.07, 6.45) is 24.4. The van der Waals surface area contributed by atoms with E-state index in [0.29, 0.717) is 12.3 Å². The average molecular weight is 411 g/mol. The largest absolute Gasteiger partial charge is 0.459 e. The molecule has 0 rings (SSSR count). The summed E-state index contributed by atoms with van der Waals surface area (Å²) in [5, 5.41) is 0. The number of carbonyl (C=O) groups excluding carboxylic acids is 1. The van der Waals surface area contributed by atoms with E-state index in [1.165, 1.54) is 103 Å². The van der Waals surface area contributed by atoms with E-state index >= 15 is 0 Å². The molecule has 0 spiro atoms. The molecule has 0 aromatic heterocycles. The maximum absolute atomic E-state index is 12.1. The number of hydrogen-bond donors (Lipinski definition) is 0. The molecular formula is C27H54O2. The third kappa shape index (κ3) is 18.0. The van der Waals surface area contributed by atoms with Gasteiger partial charge in [0.15, 0.2) is 0 Å². The minimum Gasteiger partial charge on any atom is -0.459 e. The van der Waals surface area contributed by atoms with Gasteiger partial charge in [-0.1, -0.05) is 124 Å². The van der Waals surface area contributed by atoms with E-state index in [-0.39, 0.29) is 11.6 Å². The van der Waals surface area contributed by atoms with Crippen molar-refractivity contribution >= 4 is 5.97 Å². The van der Waals surface area contributed by atoms with Crippen LogP contribution in [-0.2, 0) is 9.53 Å². The van der Waals surface area contributed by atoms with Crippen LogP contribution in [0.4, 0.5) is 0 Å². The summed E-state index contributed by atoms with van der Waals surface area (Å²) < 4.78 is 5.78. The van der Waals surface area contributed by atoms with E-state index < -0.39 is 0 Å². The minimum absolute atomic E-state index is 0.00644. The van der Waals surface area contributed by atoms with Gasteiger partial charge in [0.25, 0.3) is 0 Å². The van der Waals surface area contributed by atoms with Gasteiger partial charge >= 0.3 is 5.97 Å². The fourth-order valence-electron chi connectivity index (χ4n) is 3.94. The second-order valence-electron chi connectivity index (χ2n) is 9.82. The molecule has 0 saturated carbocycles. The molecule has 29 heavy (non-hydrogen) atoms. The molecule has 0 aromatic carbocycles. The molecule has 0 fully saturated rings. The van der Waals surface area contributed by atoms with E-state index in [2.05, 4.69) is 34.6 Å². The molecule has 2 nitrogen and oxygen atoms in total. The highest BCUT2D eigenvalue weighted by molar-refractivity contribution is 5.69. The van der Waals surface area contributed by atoms with Crippen LogP contribution in [0.5, 0.6) is 0 Å². The average Bonchev–Trinajstić information content (AvgIpc) is 2.68. The Kier molecular flexibility index (Phi) is 19.1. The third-order valence-electron chi connectivity index (χ3n) is 6.54. The molecule has 0 aliphatic rings. The Balaban J connectivity index is 3.44. The lowest BCUT2D eigenvalue weighted by Gasteiger charge is -2.31. The standard InChI is InChI=1S/C27H54O2/c1-6-8-10-11-12-13-14-15-16-17-18-19-20-21-22-24-26(28)29-27(4,5)25(3)23-9-7-2/h25H,6-24H2,1-5H3. The van der Waals surface area contributed by atoms with Crippen molar-refractivity contribution in [1.82, 2.24) is 0 Å². The van der Waals surface area contributed by atoms with Crippen molar-refractivity contribution in [2.45, 2.75) is 162 Å². The van der Waals surface area contributed by atoms with Crippen molar-refractivity contribution in [2.24, 2.45) is 5.92 Å². The highest BCUT2D eigenvalue weighted by Gasteiger charge is 2.29. The molecule has 0 amide bonds. The van der Waals surface area contributed by atoms with Crippen molar-refractivity contribution < 1.29 is 9.53 Å². The van der Waals surface area contributed by atoms with Gasteiger partial charge in [0.2, 0.25) is 0 Å². The first-order chi connectivity index (χ1) is 13.9. The highest BCUT2D eigenvalue weighted by atomic mass is 16.6. The first-order valence-corrected chi connectivity index (χ1v) is 13.2. The van der Waals surface area contributed by atoms with E-state index in [1.54, 1.807) is 0 Å². The number of unbranched alkanes of at least 4 members (excludes halogenated alkanes) is 15. The Hall–Kier alpha value is -0.530. The van der Waals surface area contributed by atoms with E-state index in [4.69, 9.17) is 4.74 Å². The molecular weight excluding hydrogens is 356 g/mol. The summed E-state index contributed by atoms with van der Waals surface area (Å²) in [6, 6.07) is 0. The fraction of sp³-hybridized carbons (Fsp3) is 0.963. The van der Waals surface area contributed by atoms with Gasteiger partial charge in [-0.25, -0.2) is 0 Å². The third-order valence-corrected chi connectivity index (χ3v) is 6.54. The number of carbonyl (C=O) groups is 1. The maximum Gasteiger partial charge on any atom is 0.306 e. The topological polar surface area (TPSA) is 26.3 Å². The zero-order chi connectivity index (χ0) is 21.8. The van der Waals surface area contributed by atoms with Crippen molar-refractivity contribution in [2.75, 3.05) is 0 Å². The van der Waals surface area contributed by atoms with Gasteiger partial charge in [0.1, 0.15) is 5.60 Å². The number of rotatable bonds is 21. The molecule has 0 aliphatic heterocycles. The second-order valence-corrected chi connectivity index (χ2v) is 9.82. The lowest BCUT2D eigenvalue weighted by molar-refractivity contribution is -0.161. The maximum atomic E-state index is 12.1. The van der Waals surface area contributed by atoms with Crippen LogP contribution in [-0.4, -0.2) is 11.6 Å². The SMILES string of the molecule is CCCCCCCCCCCCCCCCCC(=O)OC(C)(C)C(C)CCCC. The van der Waals surface area contributed by atoms with E-state index in [0.717, 1.165) is 12.8 Å². The molecule has 2 heteroatoms. The van der Waals surface area contributed by atoms with Crippen LogP contribution in [0.15, 0.2) is 0 Å². The molecule has 0 N–H and O–H groups in total. The lowest BCUT2D eigenvalue weighted by atomic mass is 9.88. The number of esters is 1. The Morgan fingerprint density at radius 2 is 1.03 bits per heavy atom. The normalized spacial score (nSPS) is 12.9. The van der Waals surface area contributed by atoms with Crippen molar-refractivity contribution in [3.05, 3.63) is 0 Å². The zero-order valence-corrected chi connectivity index (χ0v) is 20.8. The Morgan fingerprint density at radius 1 is 0.655 bits per heavy atom. The summed E-state index contributed by atoms with van der Waals surface area (Å²) in [5.74, 6) is 0.417. The summed E-state index contributed by atoms with van der Waals surface area (Å²) in [7, 11) is 0. The van der Waals surface area contributed by atoms with Gasteiger partial charge in [-0.3, -0.25) is 4.79 Å². The van der Waals surface area contributed by atoms with Crippen molar-refractivity contribution in [3.8, 4) is 0 Å². The number of ether oxygens (including phenoxy) is 1. The zero-order valence-electron chi connectivity index (χ0n) is 20.8. The highest BCUT2D eigenvalue weighted by Crippen LogP contribution is 2.26.